The summed E-state index contributed by atoms with van der Waals surface area (Å²) in [6.45, 7) is 2.62. The molecule has 1 amide bonds. The van der Waals surface area contributed by atoms with Crippen LogP contribution in [0.3, 0.4) is 0 Å². The molecule has 2 fully saturated rings. The van der Waals surface area contributed by atoms with Gasteiger partial charge in [-0.25, -0.2) is 0 Å². The van der Waals surface area contributed by atoms with Crippen LogP contribution in [0.25, 0.3) is 0 Å². The van der Waals surface area contributed by atoms with Crippen molar-refractivity contribution in [1.82, 2.24) is 9.80 Å². The van der Waals surface area contributed by atoms with E-state index < -0.39 is 0 Å². The van der Waals surface area contributed by atoms with Crippen LogP contribution in [0.5, 0.6) is 11.5 Å². The molecule has 1 aromatic carbocycles. The van der Waals surface area contributed by atoms with Crippen molar-refractivity contribution in [3.05, 3.63) is 23.8 Å². The minimum absolute atomic E-state index is 0.110. The number of rotatable bonds is 6. The minimum atomic E-state index is -0.212. The average Bonchev–Trinajstić information content (AvgIpc) is 3.05. The van der Waals surface area contributed by atoms with Crippen LogP contribution in [-0.4, -0.2) is 75.2 Å². The van der Waals surface area contributed by atoms with Gasteiger partial charge in [-0.3, -0.25) is 14.5 Å². The summed E-state index contributed by atoms with van der Waals surface area (Å²) in [4.78, 5) is 28.9. The second-order valence-electron chi connectivity index (χ2n) is 7.53. The third-order valence-corrected chi connectivity index (χ3v) is 5.86. The van der Waals surface area contributed by atoms with Crippen molar-refractivity contribution in [2.24, 2.45) is 5.92 Å². The number of carbonyl (C=O) groups is 2. The average molecular weight is 390 g/mol. The van der Waals surface area contributed by atoms with Crippen LogP contribution in [0.4, 0.5) is 0 Å². The molecule has 2 aliphatic rings. The lowest BCUT2D eigenvalue weighted by molar-refractivity contribution is -0.142. The second-order valence-corrected chi connectivity index (χ2v) is 7.53. The zero-order valence-corrected chi connectivity index (χ0v) is 17.0. The van der Waals surface area contributed by atoms with Crippen LogP contribution >= 0.6 is 0 Å². The molecule has 3 rings (SSSR count). The monoisotopic (exact) mass is 390 g/mol. The summed E-state index contributed by atoms with van der Waals surface area (Å²) in [7, 11) is 4.61. The van der Waals surface area contributed by atoms with Crippen molar-refractivity contribution < 1.29 is 23.8 Å². The number of hydrogen-bond donors (Lipinski definition) is 0. The number of likely N-dealkylation sites (tertiary alicyclic amines) is 2. The predicted molar refractivity (Wildman–Crippen MR) is 105 cm³/mol. The molecule has 2 heterocycles. The first-order valence-electron chi connectivity index (χ1n) is 9.85. The van der Waals surface area contributed by atoms with Gasteiger partial charge in [0.2, 0.25) is 5.91 Å². The molecule has 7 heteroatoms. The molecule has 2 atom stereocenters. The van der Waals surface area contributed by atoms with Crippen molar-refractivity contribution in [3.63, 3.8) is 0 Å². The molecule has 1 aromatic rings. The van der Waals surface area contributed by atoms with Crippen molar-refractivity contribution >= 4 is 11.9 Å². The molecular formula is C21H30N2O5. The summed E-state index contributed by atoms with van der Waals surface area (Å²) in [6, 6.07) is 5.81. The van der Waals surface area contributed by atoms with Gasteiger partial charge in [0.25, 0.3) is 0 Å². The molecule has 0 bridgehead atoms. The minimum Gasteiger partial charge on any atom is -0.493 e. The normalized spacial score (nSPS) is 22.3. The van der Waals surface area contributed by atoms with E-state index in [2.05, 4.69) is 4.90 Å². The number of nitrogens with zero attached hydrogens (tertiary/aromatic N) is 2. The molecule has 7 nitrogen and oxygen atoms in total. The van der Waals surface area contributed by atoms with Crippen LogP contribution in [0.2, 0.25) is 0 Å². The molecule has 0 saturated carbocycles. The smallest absolute Gasteiger partial charge is 0.319 e. The molecular weight excluding hydrogens is 360 g/mol. The fraction of sp³-hybridized carbons (Fsp3) is 0.619. The van der Waals surface area contributed by atoms with Crippen LogP contribution in [0.1, 0.15) is 24.8 Å². The highest BCUT2D eigenvalue weighted by molar-refractivity contribution is 5.79. The van der Waals surface area contributed by atoms with Gasteiger partial charge in [0.1, 0.15) is 0 Å². The third-order valence-electron chi connectivity index (χ3n) is 5.86. The molecule has 0 unspecified atom stereocenters. The summed E-state index contributed by atoms with van der Waals surface area (Å²) in [5, 5.41) is 0. The number of esters is 1. The van der Waals surface area contributed by atoms with Crippen LogP contribution in [0.15, 0.2) is 18.2 Å². The number of hydrogen-bond acceptors (Lipinski definition) is 6. The van der Waals surface area contributed by atoms with E-state index in [1.54, 1.807) is 14.2 Å². The summed E-state index contributed by atoms with van der Waals surface area (Å²) >= 11 is 0. The fourth-order valence-electron chi connectivity index (χ4n) is 4.35. The van der Waals surface area contributed by atoms with E-state index in [0.29, 0.717) is 36.9 Å². The largest absolute Gasteiger partial charge is 0.493 e. The van der Waals surface area contributed by atoms with Gasteiger partial charge in [0.05, 0.1) is 34.3 Å². The summed E-state index contributed by atoms with van der Waals surface area (Å²) < 4.78 is 15.5. The van der Waals surface area contributed by atoms with E-state index in [1.807, 2.05) is 23.1 Å². The Morgan fingerprint density at radius 1 is 1.07 bits per heavy atom. The number of amides is 1. The van der Waals surface area contributed by atoms with Gasteiger partial charge in [-0.2, -0.15) is 0 Å². The lowest BCUT2D eigenvalue weighted by atomic mass is 9.98. The standard InChI is InChI=1S/C21H30N2O5/c1-26-18-8-7-15(10-19(18)27-2)11-20(24)23-12-16-6-4-5-9-22(17(16)13-23)14-21(25)28-3/h7-8,10,16-17H,4-6,9,11-14H2,1-3H3/t16-,17+/m0/s1. The molecule has 0 radical (unpaired) electrons. The van der Waals surface area contributed by atoms with Gasteiger partial charge in [-0.05, 0) is 43.0 Å². The Hall–Kier alpha value is -2.28. The molecule has 0 aliphatic carbocycles. The van der Waals surface area contributed by atoms with Gasteiger partial charge in [0, 0.05) is 19.1 Å². The maximum absolute atomic E-state index is 12.9. The van der Waals surface area contributed by atoms with E-state index in [0.717, 1.165) is 37.9 Å². The van der Waals surface area contributed by atoms with Gasteiger partial charge in [0.15, 0.2) is 11.5 Å². The van der Waals surface area contributed by atoms with E-state index in [1.165, 1.54) is 7.11 Å². The Bertz CT molecular complexity index is 708. The fourth-order valence-corrected chi connectivity index (χ4v) is 4.35. The van der Waals surface area contributed by atoms with Crippen molar-refractivity contribution in [2.45, 2.75) is 31.7 Å². The Morgan fingerprint density at radius 2 is 1.86 bits per heavy atom. The van der Waals surface area contributed by atoms with E-state index in [4.69, 9.17) is 14.2 Å². The Balaban J connectivity index is 1.66. The third kappa shape index (κ3) is 4.58. The van der Waals surface area contributed by atoms with Crippen LogP contribution in [0, 0.1) is 5.92 Å². The number of methoxy groups -OCH3 is 3. The highest BCUT2D eigenvalue weighted by atomic mass is 16.5. The van der Waals surface area contributed by atoms with Crippen LogP contribution in [-0.2, 0) is 20.7 Å². The second kappa shape index (κ2) is 9.28. The Morgan fingerprint density at radius 3 is 2.57 bits per heavy atom. The van der Waals surface area contributed by atoms with Gasteiger partial charge >= 0.3 is 5.97 Å². The Labute approximate surface area is 166 Å². The first-order chi connectivity index (χ1) is 13.5. The summed E-state index contributed by atoms with van der Waals surface area (Å²) in [6.07, 6.45) is 3.65. The van der Waals surface area contributed by atoms with Gasteiger partial charge in [-0.1, -0.05) is 12.5 Å². The Kier molecular flexibility index (Phi) is 6.78. The quantitative estimate of drug-likeness (QED) is 0.689. The highest BCUT2D eigenvalue weighted by Crippen LogP contribution is 2.31. The van der Waals surface area contributed by atoms with Crippen molar-refractivity contribution in [2.75, 3.05) is 47.5 Å². The lowest BCUT2D eigenvalue weighted by Gasteiger charge is -2.28. The van der Waals surface area contributed by atoms with Crippen molar-refractivity contribution in [1.29, 1.82) is 0 Å². The molecule has 2 saturated heterocycles. The van der Waals surface area contributed by atoms with Gasteiger partial charge in [-0.15, -0.1) is 0 Å². The van der Waals surface area contributed by atoms with Gasteiger partial charge < -0.3 is 19.1 Å². The predicted octanol–water partition coefficient (Wildman–Crippen LogP) is 1.73. The zero-order valence-electron chi connectivity index (χ0n) is 17.0. The molecule has 2 aliphatic heterocycles. The molecule has 0 spiro atoms. The van der Waals surface area contributed by atoms with E-state index in [9.17, 15) is 9.59 Å². The maximum atomic E-state index is 12.9. The number of fused-ring (bicyclic) bond motifs is 1. The number of carbonyl (C=O) groups excluding carboxylic acids is 2. The molecule has 0 N–H and O–H groups in total. The topological polar surface area (TPSA) is 68.3 Å². The first kappa shape index (κ1) is 20.5. The number of benzene rings is 1. The van der Waals surface area contributed by atoms with Crippen molar-refractivity contribution in [3.8, 4) is 11.5 Å². The zero-order chi connectivity index (χ0) is 20.1. The maximum Gasteiger partial charge on any atom is 0.319 e. The van der Waals surface area contributed by atoms with E-state index >= 15 is 0 Å². The lowest BCUT2D eigenvalue weighted by Crippen LogP contribution is -2.44. The summed E-state index contributed by atoms with van der Waals surface area (Å²) in [5.74, 6) is 1.60. The highest BCUT2D eigenvalue weighted by Gasteiger charge is 2.40. The number of ether oxygens (including phenoxy) is 3. The SMILES string of the molecule is COC(=O)CN1CCCC[C@H]2CN(C(=O)Cc3ccc(OC)c(OC)c3)C[C@H]21. The van der Waals surface area contributed by atoms with Crippen LogP contribution < -0.4 is 9.47 Å². The van der Waals surface area contributed by atoms with E-state index in [-0.39, 0.29) is 17.9 Å². The molecule has 0 aromatic heterocycles. The molecule has 154 valence electrons. The first-order valence-corrected chi connectivity index (χ1v) is 9.85. The molecule has 28 heavy (non-hydrogen) atoms. The summed E-state index contributed by atoms with van der Waals surface area (Å²) in [5.41, 5.74) is 0.904.